The van der Waals surface area contributed by atoms with Gasteiger partial charge >= 0.3 is 5.69 Å². The van der Waals surface area contributed by atoms with E-state index in [-0.39, 0.29) is 15.9 Å². The average Bonchev–Trinajstić information content (AvgIpc) is 2.35. The summed E-state index contributed by atoms with van der Waals surface area (Å²) in [6.45, 7) is 2.12. The van der Waals surface area contributed by atoms with Crippen LogP contribution in [0.3, 0.4) is 0 Å². The fourth-order valence-electron chi connectivity index (χ4n) is 1.49. The minimum Gasteiger partial charge on any atom is -0.291 e. The van der Waals surface area contributed by atoms with Crippen LogP contribution in [0, 0.1) is 0 Å². The van der Waals surface area contributed by atoms with E-state index in [1.165, 1.54) is 6.07 Å². The van der Waals surface area contributed by atoms with E-state index in [4.69, 9.17) is 0 Å². The van der Waals surface area contributed by atoms with E-state index in [1.54, 1.807) is 0 Å². The van der Waals surface area contributed by atoms with Gasteiger partial charge in [0.05, 0.1) is 5.39 Å². The number of nitrogens with zero attached hydrogens (tertiary/aromatic N) is 1. The molecule has 19 heavy (non-hydrogen) atoms. The molecule has 0 aliphatic heterocycles. The quantitative estimate of drug-likeness (QED) is 0.684. The minimum atomic E-state index is -3.70. The van der Waals surface area contributed by atoms with Crippen LogP contribution in [0.4, 0.5) is 0 Å². The number of H-pyrrole nitrogens is 2. The lowest BCUT2D eigenvalue weighted by Gasteiger charge is -2.05. The van der Waals surface area contributed by atoms with Crippen LogP contribution in [0.15, 0.2) is 26.7 Å². The van der Waals surface area contributed by atoms with Crippen LogP contribution in [0.1, 0.15) is 13.3 Å². The molecule has 3 N–H and O–H groups in total. The lowest BCUT2D eigenvalue weighted by atomic mass is 10.3. The van der Waals surface area contributed by atoms with E-state index in [1.807, 2.05) is 11.9 Å². The van der Waals surface area contributed by atoms with Crippen molar-refractivity contribution in [3.8, 4) is 0 Å². The summed E-state index contributed by atoms with van der Waals surface area (Å²) < 4.78 is 26.1. The minimum absolute atomic E-state index is 0.0129. The molecule has 0 aromatic carbocycles. The lowest BCUT2D eigenvalue weighted by molar-refractivity contribution is 0.580. The summed E-state index contributed by atoms with van der Waals surface area (Å²) in [5.74, 6) is 0. The Labute approximate surface area is 108 Å². The van der Waals surface area contributed by atoms with Gasteiger partial charge in [0, 0.05) is 12.7 Å². The van der Waals surface area contributed by atoms with Crippen molar-refractivity contribution in [3.63, 3.8) is 0 Å². The van der Waals surface area contributed by atoms with Gasteiger partial charge in [-0.25, -0.2) is 22.9 Å². The van der Waals surface area contributed by atoms with Crippen LogP contribution in [-0.2, 0) is 10.0 Å². The molecule has 2 rings (SSSR count). The Morgan fingerprint density at radius 2 is 2.05 bits per heavy atom. The second-order valence-corrected chi connectivity index (χ2v) is 5.64. The average molecular weight is 284 g/mol. The van der Waals surface area contributed by atoms with Crippen molar-refractivity contribution < 1.29 is 8.42 Å². The Bertz CT molecular complexity index is 821. The maximum Gasteiger partial charge on any atom is 0.327 e. The molecular formula is C10H12N4O4S. The molecule has 2 aromatic heterocycles. The molecule has 0 unspecified atom stereocenters. The van der Waals surface area contributed by atoms with Crippen molar-refractivity contribution in [3.05, 3.63) is 33.1 Å². The number of aromatic nitrogens is 3. The summed E-state index contributed by atoms with van der Waals surface area (Å²) in [6.07, 6.45) is 1.74. The van der Waals surface area contributed by atoms with E-state index < -0.39 is 21.3 Å². The molecule has 0 radical (unpaired) electrons. The maximum atomic E-state index is 11.9. The van der Waals surface area contributed by atoms with E-state index in [9.17, 15) is 18.0 Å². The summed E-state index contributed by atoms with van der Waals surface area (Å²) in [5.41, 5.74) is -1.33. The van der Waals surface area contributed by atoms with Gasteiger partial charge in [-0.2, -0.15) is 0 Å². The monoisotopic (exact) mass is 284 g/mol. The van der Waals surface area contributed by atoms with Crippen LogP contribution < -0.4 is 16.0 Å². The van der Waals surface area contributed by atoms with Gasteiger partial charge in [-0.1, -0.05) is 6.92 Å². The lowest BCUT2D eigenvalue weighted by Crippen LogP contribution is -2.26. The predicted molar refractivity (Wildman–Crippen MR) is 68.5 cm³/mol. The number of aromatic amines is 2. The smallest absolute Gasteiger partial charge is 0.291 e. The first-order chi connectivity index (χ1) is 8.94. The van der Waals surface area contributed by atoms with Gasteiger partial charge in [-0.15, -0.1) is 0 Å². The van der Waals surface area contributed by atoms with Crippen molar-refractivity contribution in [1.29, 1.82) is 0 Å². The summed E-state index contributed by atoms with van der Waals surface area (Å²) >= 11 is 0. The number of hydrogen-bond donors (Lipinski definition) is 3. The van der Waals surface area contributed by atoms with E-state index >= 15 is 0 Å². The number of rotatable bonds is 4. The fourth-order valence-corrected chi connectivity index (χ4v) is 2.60. The van der Waals surface area contributed by atoms with E-state index in [0.29, 0.717) is 13.0 Å². The molecule has 0 saturated heterocycles. The zero-order chi connectivity index (χ0) is 14.0. The zero-order valence-corrected chi connectivity index (χ0v) is 10.9. The summed E-state index contributed by atoms with van der Waals surface area (Å²) in [4.78, 5) is 30.6. The molecule has 2 heterocycles. The summed E-state index contributed by atoms with van der Waals surface area (Å²) in [6, 6.07) is 1.18. The van der Waals surface area contributed by atoms with Gasteiger partial charge < -0.3 is 0 Å². The molecule has 0 spiro atoms. The van der Waals surface area contributed by atoms with Crippen molar-refractivity contribution in [2.75, 3.05) is 6.54 Å². The number of hydrogen-bond acceptors (Lipinski definition) is 5. The SMILES string of the molecule is CCCNS(=O)(=O)c1cnc2[nH]c(=O)[nH]c(=O)c2c1. The molecule has 8 nitrogen and oxygen atoms in total. The molecular weight excluding hydrogens is 272 g/mol. The van der Waals surface area contributed by atoms with Crippen molar-refractivity contribution in [2.45, 2.75) is 18.2 Å². The third-order valence-corrected chi connectivity index (χ3v) is 3.85. The highest BCUT2D eigenvalue weighted by molar-refractivity contribution is 7.89. The first-order valence-corrected chi connectivity index (χ1v) is 7.04. The first kappa shape index (κ1) is 13.4. The first-order valence-electron chi connectivity index (χ1n) is 5.56. The summed E-state index contributed by atoms with van der Waals surface area (Å²) in [7, 11) is -3.70. The molecule has 102 valence electrons. The van der Waals surface area contributed by atoms with Crippen LogP contribution in [0.2, 0.25) is 0 Å². The van der Waals surface area contributed by atoms with Crippen LogP contribution >= 0.6 is 0 Å². The Morgan fingerprint density at radius 3 is 2.74 bits per heavy atom. The van der Waals surface area contributed by atoms with Gasteiger partial charge in [0.1, 0.15) is 10.5 Å². The van der Waals surface area contributed by atoms with E-state index in [0.717, 1.165) is 6.20 Å². The molecule has 0 bridgehead atoms. The largest absolute Gasteiger partial charge is 0.327 e. The Morgan fingerprint density at radius 1 is 1.32 bits per heavy atom. The molecule has 0 saturated carbocycles. The second-order valence-electron chi connectivity index (χ2n) is 3.87. The Hall–Kier alpha value is -2.00. The number of sulfonamides is 1. The molecule has 0 fully saturated rings. The third kappa shape index (κ3) is 2.71. The zero-order valence-electron chi connectivity index (χ0n) is 10.1. The summed E-state index contributed by atoms with van der Waals surface area (Å²) in [5, 5.41) is 0.0129. The Kier molecular flexibility index (Phi) is 3.49. The van der Waals surface area contributed by atoms with Crippen LogP contribution in [0.5, 0.6) is 0 Å². The van der Waals surface area contributed by atoms with Crippen LogP contribution in [0.25, 0.3) is 11.0 Å². The molecule has 0 aliphatic rings. The Balaban J connectivity index is 2.59. The van der Waals surface area contributed by atoms with Gasteiger partial charge in [-0.3, -0.25) is 14.8 Å². The number of nitrogens with one attached hydrogen (secondary N) is 3. The second kappa shape index (κ2) is 4.94. The van der Waals surface area contributed by atoms with Crippen LogP contribution in [-0.4, -0.2) is 29.9 Å². The van der Waals surface area contributed by atoms with E-state index in [2.05, 4.69) is 14.7 Å². The maximum absolute atomic E-state index is 11.9. The van der Waals surface area contributed by atoms with Gasteiger partial charge in [0.2, 0.25) is 10.0 Å². The number of fused-ring (bicyclic) bond motifs is 1. The number of pyridine rings is 1. The normalized spacial score (nSPS) is 11.8. The topological polar surface area (TPSA) is 125 Å². The van der Waals surface area contributed by atoms with Crippen molar-refractivity contribution >= 4 is 21.1 Å². The predicted octanol–water partition coefficient (Wildman–Crippen LogP) is -0.700. The van der Waals surface area contributed by atoms with Gasteiger partial charge in [0.25, 0.3) is 5.56 Å². The molecule has 9 heteroatoms. The van der Waals surface area contributed by atoms with Crippen molar-refractivity contribution in [2.24, 2.45) is 0 Å². The molecule has 0 aliphatic carbocycles. The molecule has 2 aromatic rings. The highest BCUT2D eigenvalue weighted by Crippen LogP contribution is 2.11. The van der Waals surface area contributed by atoms with Gasteiger partial charge in [-0.05, 0) is 12.5 Å². The molecule has 0 atom stereocenters. The standard InChI is InChI=1S/C10H12N4O4S/c1-2-3-12-19(17,18)6-4-7-8(11-5-6)13-10(16)14-9(7)15/h4-5,12H,2-3H2,1H3,(H2,11,13,14,15,16). The van der Waals surface area contributed by atoms with Crippen molar-refractivity contribution in [1.82, 2.24) is 19.7 Å². The third-order valence-electron chi connectivity index (χ3n) is 2.42. The molecule has 0 amide bonds. The highest BCUT2D eigenvalue weighted by Gasteiger charge is 2.15. The highest BCUT2D eigenvalue weighted by atomic mass is 32.2. The van der Waals surface area contributed by atoms with Gasteiger partial charge in [0.15, 0.2) is 0 Å². The fraction of sp³-hybridized carbons (Fsp3) is 0.300.